The third-order valence-electron chi connectivity index (χ3n) is 2.14. The molecular formula is C10H11N5. The van der Waals surface area contributed by atoms with Crippen LogP contribution in [0.5, 0.6) is 0 Å². The van der Waals surface area contributed by atoms with E-state index >= 15 is 0 Å². The molecule has 0 saturated heterocycles. The Balaban J connectivity index is 2.70. The zero-order valence-electron chi connectivity index (χ0n) is 8.44. The molecule has 0 fully saturated rings. The van der Waals surface area contributed by atoms with Crippen molar-refractivity contribution in [3.05, 3.63) is 24.8 Å². The summed E-state index contributed by atoms with van der Waals surface area (Å²) in [5.74, 6) is 0.534. The van der Waals surface area contributed by atoms with E-state index in [2.05, 4.69) is 33.2 Å². The van der Waals surface area contributed by atoms with Gasteiger partial charge in [0.25, 0.3) is 0 Å². The first kappa shape index (κ1) is 9.39. The minimum Gasteiger partial charge on any atom is -0.343 e. The van der Waals surface area contributed by atoms with Gasteiger partial charge in [-0.2, -0.15) is 0 Å². The standard InChI is InChI=1S/C10H11N5/c1-4-15-9(8-5-12-6-13-8)7(2)14-10(15)11-3/h4-6H,1,3H2,2H3,(H,12,13). The summed E-state index contributed by atoms with van der Waals surface area (Å²) in [4.78, 5) is 15.1. The van der Waals surface area contributed by atoms with Crippen LogP contribution >= 0.6 is 0 Å². The number of aromatic amines is 1. The number of aryl methyl sites for hydroxylation is 1. The first-order valence-electron chi connectivity index (χ1n) is 4.44. The van der Waals surface area contributed by atoms with E-state index < -0.39 is 0 Å². The molecule has 0 atom stereocenters. The lowest BCUT2D eigenvalue weighted by Crippen LogP contribution is -1.90. The quantitative estimate of drug-likeness (QED) is 0.772. The van der Waals surface area contributed by atoms with Crippen LogP contribution in [0.15, 0.2) is 24.1 Å². The predicted octanol–water partition coefficient (Wildman–Crippen LogP) is 2.01. The Hall–Kier alpha value is -2.17. The molecule has 0 aliphatic carbocycles. The summed E-state index contributed by atoms with van der Waals surface area (Å²) in [5.41, 5.74) is 2.65. The summed E-state index contributed by atoms with van der Waals surface area (Å²) in [6.45, 7) is 9.10. The van der Waals surface area contributed by atoms with E-state index in [0.717, 1.165) is 17.1 Å². The van der Waals surface area contributed by atoms with Crippen molar-refractivity contribution in [2.45, 2.75) is 6.92 Å². The number of aliphatic imine (C=N–C) groups is 1. The van der Waals surface area contributed by atoms with E-state index in [9.17, 15) is 0 Å². The number of rotatable bonds is 3. The molecule has 0 radical (unpaired) electrons. The third kappa shape index (κ3) is 1.38. The van der Waals surface area contributed by atoms with Gasteiger partial charge < -0.3 is 4.98 Å². The van der Waals surface area contributed by atoms with Gasteiger partial charge in [-0.25, -0.2) is 15.0 Å². The minimum atomic E-state index is 0.534. The van der Waals surface area contributed by atoms with Gasteiger partial charge in [-0.15, -0.1) is 0 Å². The van der Waals surface area contributed by atoms with E-state index in [1.165, 1.54) is 0 Å². The zero-order chi connectivity index (χ0) is 10.8. The summed E-state index contributed by atoms with van der Waals surface area (Å²) in [6, 6.07) is 0. The van der Waals surface area contributed by atoms with Crippen molar-refractivity contribution in [3.8, 4) is 11.4 Å². The highest BCUT2D eigenvalue weighted by Crippen LogP contribution is 2.26. The molecule has 5 nitrogen and oxygen atoms in total. The second kappa shape index (κ2) is 3.53. The summed E-state index contributed by atoms with van der Waals surface area (Å²) in [5, 5.41) is 0. The topological polar surface area (TPSA) is 58.9 Å². The van der Waals surface area contributed by atoms with Crippen molar-refractivity contribution in [1.82, 2.24) is 19.5 Å². The van der Waals surface area contributed by atoms with E-state index in [1.807, 2.05) is 6.92 Å². The van der Waals surface area contributed by atoms with Gasteiger partial charge in [0.15, 0.2) is 0 Å². The number of hydrogen-bond acceptors (Lipinski definition) is 3. The molecule has 5 heteroatoms. The average Bonchev–Trinajstić information content (AvgIpc) is 2.83. The lowest BCUT2D eigenvalue weighted by atomic mass is 10.3. The normalized spacial score (nSPS) is 10.2. The molecule has 76 valence electrons. The highest BCUT2D eigenvalue weighted by atomic mass is 15.2. The average molecular weight is 201 g/mol. The zero-order valence-corrected chi connectivity index (χ0v) is 8.44. The van der Waals surface area contributed by atoms with E-state index in [4.69, 9.17) is 0 Å². The number of imidazole rings is 2. The molecule has 0 bridgehead atoms. The van der Waals surface area contributed by atoms with Crippen molar-refractivity contribution in [1.29, 1.82) is 0 Å². The SMILES string of the molecule is C=Cn1c(N=C)nc(C)c1-c1cnc[nH]1. The van der Waals surface area contributed by atoms with Crippen LogP contribution in [0.3, 0.4) is 0 Å². The molecule has 15 heavy (non-hydrogen) atoms. The van der Waals surface area contributed by atoms with Crippen LogP contribution in [0.4, 0.5) is 5.95 Å². The van der Waals surface area contributed by atoms with E-state index in [1.54, 1.807) is 23.3 Å². The second-order valence-electron chi connectivity index (χ2n) is 3.02. The van der Waals surface area contributed by atoms with E-state index in [-0.39, 0.29) is 0 Å². The molecule has 0 aliphatic rings. The highest BCUT2D eigenvalue weighted by molar-refractivity contribution is 5.64. The largest absolute Gasteiger partial charge is 0.343 e. The molecule has 1 N–H and O–H groups in total. The fraction of sp³-hybridized carbons (Fsp3) is 0.100. The van der Waals surface area contributed by atoms with Gasteiger partial charge in [-0.05, 0) is 13.6 Å². The lowest BCUT2D eigenvalue weighted by molar-refractivity contribution is 1.12. The predicted molar refractivity (Wildman–Crippen MR) is 60.1 cm³/mol. The molecule has 0 spiro atoms. The summed E-state index contributed by atoms with van der Waals surface area (Å²) in [7, 11) is 0. The van der Waals surface area contributed by atoms with Crippen molar-refractivity contribution in [2.75, 3.05) is 0 Å². The van der Waals surface area contributed by atoms with Gasteiger partial charge in [0, 0.05) is 6.20 Å². The maximum Gasteiger partial charge on any atom is 0.233 e. The molecular weight excluding hydrogens is 190 g/mol. The van der Waals surface area contributed by atoms with Crippen LogP contribution in [0.1, 0.15) is 5.69 Å². The maximum atomic E-state index is 4.27. The molecule has 0 unspecified atom stereocenters. The summed E-state index contributed by atoms with van der Waals surface area (Å²) < 4.78 is 1.77. The van der Waals surface area contributed by atoms with Gasteiger partial charge in [0.05, 0.1) is 29.6 Å². The number of hydrogen-bond donors (Lipinski definition) is 1. The van der Waals surface area contributed by atoms with Gasteiger partial charge >= 0.3 is 0 Å². The van der Waals surface area contributed by atoms with Crippen molar-refractivity contribution in [2.24, 2.45) is 4.99 Å². The van der Waals surface area contributed by atoms with E-state index in [0.29, 0.717) is 5.95 Å². The second-order valence-corrected chi connectivity index (χ2v) is 3.02. The maximum absolute atomic E-state index is 4.27. The first-order chi connectivity index (χ1) is 7.27. The minimum absolute atomic E-state index is 0.534. The van der Waals surface area contributed by atoms with Crippen LogP contribution in [-0.4, -0.2) is 26.2 Å². The molecule has 2 aromatic heterocycles. The van der Waals surface area contributed by atoms with Crippen LogP contribution in [0, 0.1) is 6.92 Å². The van der Waals surface area contributed by atoms with Crippen LogP contribution in [0.2, 0.25) is 0 Å². The van der Waals surface area contributed by atoms with Crippen LogP contribution < -0.4 is 0 Å². The van der Waals surface area contributed by atoms with Crippen molar-refractivity contribution >= 4 is 18.9 Å². The fourth-order valence-electron chi connectivity index (χ4n) is 1.53. The van der Waals surface area contributed by atoms with Crippen molar-refractivity contribution < 1.29 is 0 Å². The smallest absolute Gasteiger partial charge is 0.233 e. The molecule has 0 aromatic carbocycles. The highest BCUT2D eigenvalue weighted by Gasteiger charge is 2.13. The molecule has 2 heterocycles. The van der Waals surface area contributed by atoms with Crippen molar-refractivity contribution in [3.63, 3.8) is 0 Å². The molecule has 2 aromatic rings. The van der Waals surface area contributed by atoms with Gasteiger partial charge in [0.2, 0.25) is 5.95 Å². The first-order valence-corrected chi connectivity index (χ1v) is 4.44. The Morgan fingerprint density at radius 2 is 2.40 bits per heavy atom. The molecule has 0 aliphatic heterocycles. The molecule has 2 rings (SSSR count). The number of aromatic nitrogens is 4. The monoisotopic (exact) mass is 201 g/mol. The number of H-pyrrole nitrogens is 1. The Morgan fingerprint density at radius 1 is 1.60 bits per heavy atom. The number of nitrogens with zero attached hydrogens (tertiary/aromatic N) is 4. The Bertz CT molecular complexity index is 492. The lowest BCUT2D eigenvalue weighted by Gasteiger charge is -2.01. The number of nitrogens with one attached hydrogen (secondary N) is 1. The van der Waals surface area contributed by atoms with Crippen LogP contribution in [-0.2, 0) is 0 Å². The molecule has 0 saturated carbocycles. The van der Waals surface area contributed by atoms with Gasteiger partial charge in [0.1, 0.15) is 0 Å². The van der Waals surface area contributed by atoms with Crippen LogP contribution in [0.25, 0.3) is 17.6 Å². The summed E-state index contributed by atoms with van der Waals surface area (Å²) in [6.07, 6.45) is 5.01. The van der Waals surface area contributed by atoms with Gasteiger partial charge in [-0.1, -0.05) is 6.58 Å². The molecule has 0 amide bonds. The Kier molecular flexibility index (Phi) is 2.21. The third-order valence-corrected chi connectivity index (χ3v) is 2.14. The van der Waals surface area contributed by atoms with Gasteiger partial charge in [-0.3, -0.25) is 4.57 Å². The Morgan fingerprint density at radius 3 is 2.93 bits per heavy atom. The Labute approximate surface area is 87.2 Å². The fourth-order valence-corrected chi connectivity index (χ4v) is 1.53. The summed E-state index contributed by atoms with van der Waals surface area (Å²) >= 11 is 0.